The number of benzene rings is 3. The van der Waals surface area contributed by atoms with E-state index in [0.29, 0.717) is 0 Å². The van der Waals surface area contributed by atoms with Gasteiger partial charge in [0.15, 0.2) is 11.3 Å². The van der Waals surface area contributed by atoms with E-state index in [1.54, 1.807) is 12.4 Å². The Morgan fingerprint density at radius 1 is 0.933 bits per heavy atom. The third kappa shape index (κ3) is 3.18. The van der Waals surface area contributed by atoms with Gasteiger partial charge >= 0.3 is 0 Å². The fraction of sp³-hybridized carbons (Fsp3) is 0.160. The van der Waals surface area contributed by atoms with Crippen molar-refractivity contribution < 1.29 is 4.42 Å². The maximum Gasteiger partial charge on any atom is 0.155 e. The first-order valence-corrected chi connectivity index (χ1v) is 10.2. The van der Waals surface area contributed by atoms with Crippen molar-refractivity contribution in [1.82, 2.24) is 9.97 Å². The lowest BCUT2D eigenvalue weighted by Crippen LogP contribution is -2.21. The minimum Gasteiger partial charge on any atom is -0.453 e. The molecule has 0 saturated carbocycles. The van der Waals surface area contributed by atoms with Gasteiger partial charge in [0, 0.05) is 47.9 Å². The smallest absolute Gasteiger partial charge is 0.155 e. The first kappa shape index (κ1) is 18.3. The maximum absolute atomic E-state index is 6.35. The summed E-state index contributed by atoms with van der Waals surface area (Å²) in [5.74, 6) is 0.723. The lowest BCUT2D eigenvalue weighted by Gasteiger charge is -2.21. The van der Waals surface area contributed by atoms with Crippen LogP contribution in [0, 0.1) is 0 Å². The molecule has 1 aliphatic heterocycles. The molecule has 0 radical (unpaired) electrons. The van der Waals surface area contributed by atoms with Gasteiger partial charge in [-0.1, -0.05) is 24.3 Å². The van der Waals surface area contributed by atoms with E-state index in [1.807, 2.05) is 36.4 Å². The Balaban J connectivity index is 1.80. The van der Waals surface area contributed by atoms with Crippen molar-refractivity contribution in [3.8, 4) is 11.5 Å². The van der Waals surface area contributed by atoms with Crippen molar-refractivity contribution in [3.63, 3.8) is 0 Å². The lowest BCUT2D eigenvalue weighted by molar-refractivity contribution is 0.613. The number of hydrogen-bond donors (Lipinski definition) is 0. The zero-order valence-corrected chi connectivity index (χ0v) is 17.0. The quantitative estimate of drug-likeness (QED) is 0.296. The molecule has 0 atom stereocenters. The van der Waals surface area contributed by atoms with E-state index >= 15 is 0 Å². The molecule has 5 heteroatoms. The average molecular weight is 394 g/mol. The Labute approximate surface area is 174 Å². The van der Waals surface area contributed by atoms with Gasteiger partial charge in [0.25, 0.3) is 0 Å². The van der Waals surface area contributed by atoms with Crippen LogP contribution in [0.4, 0.5) is 11.4 Å². The molecule has 2 aliphatic rings. The highest BCUT2D eigenvalue weighted by Gasteiger charge is 2.15. The number of nitrogens with zero attached hydrogens (tertiary/aromatic N) is 4. The summed E-state index contributed by atoms with van der Waals surface area (Å²) in [5.41, 5.74) is 4.41. The van der Waals surface area contributed by atoms with Gasteiger partial charge in [-0.3, -0.25) is 4.98 Å². The van der Waals surface area contributed by atoms with Crippen LogP contribution >= 0.6 is 0 Å². The number of fused-ring (bicyclic) bond motifs is 4. The zero-order chi connectivity index (χ0) is 20.5. The van der Waals surface area contributed by atoms with Gasteiger partial charge in [0.1, 0.15) is 11.2 Å². The third-order valence-corrected chi connectivity index (χ3v) is 5.38. The van der Waals surface area contributed by atoms with E-state index in [1.165, 1.54) is 0 Å². The van der Waals surface area contributed by atoms with Gasteiger partial charge in [-0.05, 0) is 38.1 Å². The van der Waals surface area contributed by atoms with Crippen molar-refractivity contribution in [2.75, 3.05) is 18.0 Å². The summed E-state index contributed by atoms with van der Waals surface area (Å²) >= 11 is 0. The summed E-state index contributed by atoms with van der Waals surface area (Å²) < 4.78 is 6.35. The van der Waals surface area contributed by atoms with Gasteiger partial charge in [0.05, 0.1) is 17.2 Å². The van der Waals surface area contributed by atoms with Crippen molar-refractivity contribution in [1.29, 1.82) is 0 Å². The van der Waals surface area contributed by atoms with E-state index < -0.39 is 0 Å². The molecule has 30 heavy (non-hydrogen) atoms. The molecule has 0 unspecified atom stereocenters. The summed E-state index contributed by atoms with van der Waals surface area (Å²) in [7, 11) is 0. The Morgan fingerprint density at radius 2 is 1.77 bits per heavy atom. The second-order valence-corrected chi connectivity index (χ2v) is 7.15. The standard InChI is InChI=1S/C25H22N4O/c1-3-29(4-2)18-11-12-21-23(14-18)30-24-15-22(27-17-8-7-13-26-16-17)19-9-5-6-10-20(19)25(24)28-21/h5-16H,3-4H2,1-2H3/b27-22-. The van der Waals surface area contributed by atoms with Crippen LogP contribution in [0.25, 0.3) is 33.3 Å². The summed E-state index contributed by atoms with van der Waals surface area (Å²) in [6, 6.07) is 20.2. The van der Waals surface area contributed by atoms with E-state index in [-0.39, 0.29) is 0 Å². The van der Waals surface area contributed by atoms with E-state index in [2.05, 4.69) is 48.0 Å². The van der Waals surface area contributed by atoms with Crippen molar-refractivity contribution in [3.05, 3.63) is 78.4 Å². The molecule has 5 rings (SSSR count). The Morgan fingerprint density at radius 3 is 2.53 bits per heavy atom. The highest BCUT2D eigenvalue weighted by Crippen LogP contribution is 2.31. The lowest BCUT2D eigenvalue weighted by atomic mass is 10.0. The second-order valence-electron chi connectivity index (χ2n) is 7.15. The maximum atomic E-state index is 6.35. The molecule has 1 aromatic heterocycles. The molecule has 0 saturated heterocycles. The minimum atomic E-state index is 0.723. The first-order chi connectivity index (χ1) is 14.8. The Bertz CT molecular complexity index is 1370. The molecule has 3 aromatic rings. The SMILES string of the molecule is CCN(CC)c1ccc2nc3c4ccccc4/c(=N\c4cccnc4)cc-3oc2c1. The van der Waals surface area contributed by atoms with Crippen molar-refractivity contribution in [2.45, 2.75) is 13.8 Å². The van der Waals surface area contributed by atoms with Crippen LogP contribution < -0.4 is 10.3 Å². The second kappa shape index (κ2) is 7.59. The largest absolute Gasteiger partial charge is 0.453 e. The number of aromatic nitrogens is 2. The van der Waals surface area contributed by atoms with E-state index in [9.17, 15) is 0 Å². The fourth-order valence-corrected chi connectivity index (χ4v) is 3.86. The van der Waals surface area contributed by atoms with Gasteiger partial charge in [-0.15, -0.1) is 0 Å². The molecule has 2 heterocycles. The molecule has 0 bridgehead atoms. The third-order valence-electron chi connectivity index (χ3n) is 5.38. The number of pyridine rings is 1. The van der Waals surface area contributed by atoms with Crippen molar-refractivity contribution in [2.24, 2.45) is 4.99 Å². The molecule has 5 nitrogen and oxygen atoms in total. The van der Waals surface area contributed by atoms with Crippen LogP contribution in [0.1, 0.15) is 13.8 Å². The zero-order valence-electron chi connectivity index (χ0n) is 17.0. The molecule has 1 aliphatic carbocycles. The normalized spacial score (nSPS) is 12.1. The van der Waals surface area contributed by atoms with Crippen LogP contribution in [-0.4, -0.2) is 23.1 Å². The summed E-state index contributed by atoms with van der Waals surface area (Å²) in [6.07, 6.45) is 3.50. The molecule has 0 amide bonds. The highest BCUT2D eigenvalue weighted by molar-refractivity contribution is 5.96. The number of anilines is 1. The van der Waals surface area contributed by atoms with Crippen LogP contribution in [-0.2, 0) is 0 Å². The van der Waals surface area contributed by atoms with Crippen LogP contribution in [0.5, 0.6) is 0 Å². The van der Waals surface area contributed by atoms with Crippen LogP contribution in [0.3, 0.4) is 0 Å². The van der Waals surface area contributed by atoms with E-state index in [0.717, 1.165) is 63.1 Å². The predicted octanol–water partition coefficient (Wildman–Crippen LogP) is 5.56. The highest BCUT2D eigenvalue weighted by atomic mass is 16.3. The molecular formula is C25H22N4O. The number of rotatable bonds is 4. The molecular weight excluding hydrogens is 372 g/mol. The van der Waals surface area contributed by atoms with Crippen LogP contribution in [0.2, 0.25) is 0 Å². The molecule has 0 spiro atoms. The summed E-state index contributed by atoms with van der Waals surface area (Å²) in [5, 5.41) is 2.91. The molecule has 148 valence electrons. The predicted molar refractivity (Wildman–Crippen MR) is 121 cm³/mol. The van der Waals surface area contributed by atoms with Gasteiger partial charge in [-0.25, -0.2) is 9.98 Å². The summed E-state index contributed by atoms with van der Waals surface area (Å²) in [4.78, 5) is 16.2. The van der Waals surface area contributed by atoms with Gasteiger partial charge < -0.3 is 9.32 Å². The average Bonchev–Trinajstić information content (AvgIpc) is 2.79. The van der Waals surface area contributed by atoms with Crippen LogP contribution in [0.15, 0.2) is 82.5 Å². The number of hydrogen-bond acceptors (Lipinski definition) is 5. The minimum absolute atomic E-state index is 0.723. The molecule has 0 fully saturated rings. The topological polar surface area (TPSA) is 54.5 Å². The van der Waals surface area contributed by atoms with Crippen molar-refractivity contribution >= 4 is 33.2 Å². The Hall–Kier alpha value is -3.73. The monoisotopic (exact) mass is 394 g/mol. The molecule has 0 N–H and O–H groups in total. The summed E-state index contributed by atoms with van der Waals surface area (Å²) in [6.45, 7) is 6.20. The first-order valence-electron chi connectivity index (χ1n) is 10.2. The fourth-order valence-electron chi connectivity index (χ4n) is 3.86. The van der Waals surface area contributed by atoms with Gasteiger partial charge in [0.2, 0.25) is 0 Å². The van der Waals surface area contributed by atoms with Gasteiger partial charge in [-0.2, -0.15) is 0 Å². The van der Waals surface area contributed by atoms with E-state index in [4.69, 9.17) is 14.4 Å². The molecule has 2 aromatic carbocycles. The Kier molecular flexibility index (Phi) is 4.64.